The average molecular weight is 409 g/mol. The first-order valence-electron chi connectivity index (χ1n) is 8.52. The summed E-state index contributed by atoms with van der Waals surface area (Å²) in [6.07, 6.45) is 3.39. The van der Waals surface area contributed by atoms with Gasteiger partial charge >= 0.3 is 0 Å². The van der Waals surface area contributed by atoms with Crippen molar-refractivity contribution in [2.24, 2.45) is 4.99 Å². The molecule has 7 heteroatoms. The lowest BCUT2D eigenvalue weighted by atomic mass is 10.1. The number of aromatic hydroxyl groups is 1. The lowest BCUT2D eigenvalue weighted by molar-refractivity contribution is -0.114. The Morgan fingerprint density at radius 1 is 1.25 bits per heavy atom. The topological polar surface area (TPSA) is 63.8 Å². The molecule has 0 saturated carbocycles. The minimum absolute atomic E-state index is 0.0491. The SMILES string of the molecule is COc1ccc2c(c1)=NC(=O)/C(=C/c1sc(=S)n(Cc3ccccc3)c1O)C=2. The van der Waals surface area contributed by atoms with Gasteiger partial charge in [0.2, 0.25) is 5.88 Å². The lowest BCUT2D eigenvalue weighted by Crippen LogP contribution is -2.30. The number of hydrogen-bond acceptors (Lipinski definition) is 5. The maximum absolute atomic E-state index is 12.4. The number of amides is 1. The van der Waals surface area contributed by atoms with Crippen molar-refractivity contribution in [3.8, 4) is 11.6 Å². The Morgan fingerprint density at radius 3 is 2.79 bits per heavy atom. The third-order valence-electron chi connectivity index (χ3n) is 4.38. The minimum Gasteiger partial charge on any atom is -0.497 e. The molecule has 5 nitrogen and oxygen atoms in total. The summed E-state index contributed by atoms with van der Waals surface area (Å²) in [4.78, 5) is 17.1. The van der Waals surface area contributed by atoms with E-state index in [1.54, 1.807) is 29.9 Å². The van der Waals surface area contributed by atoms with Crippen molar-refractivity contribution in [1.82, 2.24) is 4.57 Å². The third-order valence-corrected chi connectivity index (χ3v) is 5.77. The van der Waals surface area contributed by atoms with Gasteiger partial charge in [0.25, 0.3) is 5.91 Å². The zero-order chi connectivity index (χ0) is 19.7. The second-order valence-corrected chi connectivity index (χ2v) is 7.89. The highest BCUT2D eigenvalue weighted by Gasteiger charge is 2.15. The fraction of sp³-hybridized carbons (Fsp3) is 0.0952. The fourth-order valence-electron chi connectivity index (χ4n) is 2.93. The molecule has 2 aromatic carbocycles. The Balaban J connectivity index is 1.73. The molecular formula is C21H16N2O3S2. The highest BCUT2D eigenvalue weighted by atomic mass is 32.1. The van der Waals surface area contributed by atoms with E-state index in [1.165, 1.54) is 11.3 Å². The van der Waals surface area contributed by atoms with Crippen molar-refractivity contribution in [3.05, 3.63) is 79.1 Å². The van der Waals surface area contributed by atoms with Gasteiger partial charge in [-0.15, -0.1) is 11.3 Å². The summed E-state index contributed by atoms with van der Waals surface area (Å²) >= 11 is 6.67. The van der Waals surface area contributed by atoms with Crippen molar-refractivity contribution < 1.29 is 14.6 Å². The van der Waals surface area contributed by atoms with Crippen LogP contribution in [0.15, 0.2) is 59.1 Å². The number of nitrogens with zero attached hydrogens (tertiary/aromatic N) is 2. The Labute approximate surface area is 170 Å². The molecule has 2 heterocycles. The van der Waals surface area contributed by atoms with Crippen LogP contribution in [0.2, 0.25) is 0 Å². The van der Waals surface area contributed by atoms with Gasteiger partial charge in [0.15, 0.2) is 3.95 Å². The quantitative estimate of drug-likeness (QED) is 0.532. The number of benzene rings is 2. The zero-order valence-electron chi connectivity index (χ0n) is 15.0. The molecular weight excluding hydrogens is 392 g/mol. The highest BCUT2D eigenvalue weighted by Crippen LogP contribution is 2.29. The van der Waals surface area contributed by atoms with E-state index in [2.05, 4.69) is 4.99 Å². The van der Waals surface area contributed by atoms with E-state index < -0.39 is 0 Å². The van der Waals surface area contributed by atoms with Crippen LogP contribution < -0.4 is 15.3 Å². The van der Waals surface area contributed by atoms with Crippen LogP contribution in [0.4, 0.5) is 0 Å². The fourth-order valence-corrected chi connectivity index (χ4v) is 4.19. The number of hydrogen-bond donors (Lipinski definition) is 1. The van der Waals surface area contributed by atoms with Gasteiger partial charge in [-0.25, -0.2) is 4.99 Å². The molecule has 1 aliphatic rings. The molecule has 1 aromatic heterocycles. The van der Waals surface area contributed by atoms with Crippen LogP contribution in [0.5, 0.6) is 11.6 Å². The van der Waals surface area contributed by atoms with Gasteiger partial charge in [0.05, 0.1) is 23.9 Å². The van der Waals surface area contributed by atoms with Gasteiger partial charge in [-0.05, 0) is 42.1 Å². The lowest BCUT2D eigenvalue weighted by Gasteiger charge is -2.06. The van der Waals surface area contributed by atoms with Crippen molar-refractivity contribution >= 4 is 41.6 Å². The molecule has 0 fully saturated rings. The van der Waals surface area contributed by atoms with Crippen LogP contribution in [-0.4, -0.2) is 22.7 Å². The van der Waals surface area contributed by atoms with Crippen LogP contribution in [0.25, 0.3) is 12.2 Å². The largest absolute Gasteiger partial charge is 0.497 e. The number of ether oxygens (including phenoxy) is 1. The molecule has 0 bridgehead atoms. The van der Waals surface area contributed by atoms with E-state index in [1.807, 2.05) is 42.5 Å². The second-order valence-electron chi connectivity index (χ2n) is 6.21. The van der Waals surface area contributed by atoms with E-state index in [0.717, 1.165) is 10.8 Å². The van der Waals surface area contributed by atoms with Crippen molar-refractivity contribution in [2.45, 2.75) is 6.54 Å². The summed E-state index contributed by atoms with van der Waals surface area (Å²) in [7, 11) is 1.57. The maximum atomic E-state index is 12.4. The zero-order valence-corrected chi connectivity index (χ0v) is 16.6. The number of aromatic nitrogens is 1. The van der Waals surface area contributed by atoms with E-state index >= 15 is 0 Å². The normalized spacial score (nSPS) is 14.3. The molecule has 1 amide bonds. The van der Waals surface area contributed by atoms with Gasteiger partial charge in [0.1, 0.15) is 5.75 Å². The molecule has 0 spiro atoms. The van der Waals surface area contributed by atoms with E-state index in [0.29, 0.717) is 32.1 Å². The van der Waals surface area contributed by atoms with Crippen LogP contribution in [-0.2, 0) is 11.3 Å². The number of rotatable bonds is 4. The first-order chi connectivity index (χ1) is 13.5. The first-order valence-corrected chi connectivity index (χ1v) is 9.74. The molecule has 3 aromatic rings. The minimum atomic E-state index is -0.367. The van der Waals surface area contributed by atoms with Crippen LogP contribution >= 0.6 is 23.6 Å². The molecule has 0 atom stereocenters. The summed E-state index contributed by atoms with van der Waals surface area (Å²) in [5.74, 6) is 0.326. The summed E-state index contributed by atoms with van der Waals surface area (Å²) in [6.45, 7) is 0.468. The van der Waals surface area contributed by atoms with E-state index in [9.17, 15) is 9.90 Å². The monoisotopic (exact) mass is 408 g/mol. The Kier molecular flexibility index (Phi) is 4.93. The predicted molar refractivity (Wildman–Crippen MR) is 112 cm³/mol. The van der Waals surface area contributed by atoms with Crippen molar-refractivity contribution in [2.75, 3.05) is 7.11 Å². The van der Waals surface area contributed by atoms with Crippen molar-refractivity contribution in [1.29, 1.82) is 0 Å². The molecule has 0 radical (unpaired) electrons. The van der Waals surface area contributed by atoms with Gasteiger partial charge in [-0.2, -0.15) is 0 Å². The molecule has 4 rings (SSSR count). The molecule has 140 valence electrons. The summed E-state index contributed by atoms with van der Waals surface area (Å²) < 4.78 is 7.37. The molecule has 1 N–H and O–H groups in total. The summed E-state index contributed by atoms with van der Waals surface area (Å²) in [6, 6.07) is 15.1. The third kappa shape index (κ3) is 3.54. The van der Waals surface area contributed by atoms with Crippen LogP contribution in [0.3, 0.4) is 0 Å². The molecule has 28 heavy (non-hydrogen) atoms. The van der Waals surface area contributed by atoms with Crippen LogP contribution in [0, 0.1) is 3.95 Å². The average Bonchev–Trinajstić information content (AvgIpc) is 2.96. The standard InChI is InChI=1S/C21H16N2O3S2/c1-26-16-8-7-14-9-15(19(24)22-17(14)11-16)10-18-20(25)23(21(27)28-18)12-13-5-3-2-4-6-13/h2-11,25H,12H2,1H3/b15-10+. The number of thiazole rings is 1. The predicted octanol–water partition coefficient (Wildman–Crippen LogP) is 3.07. The summed E-state index contributed by atoms with van der Waals surface area (Å²) in [5.41, 5.74) is 1.43. The second kappa shape index (κ2) is 7.53. The van der Waals surface area contributed by atoms with Gasteiger partial charge < -0.3 is 9.84 Å². The molecule has 0 aliphatic carbocycles. The number of fused-ring (bicyclic) bond motifs is 1. The van der Waals surface area contributed by atoms with Crippen LogP contribution in [0.1, 0.15) is 10.4 Å². The Morgan fingerprint density at radius 2 is 2.04 bits per heavy atom. The molecule has 1 aliphatic heterocycles. The van der Waals surface area contributed by atoms with Gasteiger partial charge in [0, 0.05) is 16.9 Å². The summed E-state index contributed by atoms with van der Waals surface area (Å²) in [5, 5.41) is 12.0. The number of methoxy groups -OCH3 is 1. The smallest absolute Gasteiger partial charge is 0.277 e. The Hall–Kier alpha value is -3.03. The highest BCUT2D eigenvalue weighted by molar-refractivity contribution is 7.73. The van der Waals surface area contributed by atoms with E-state index in [4.69, 9.17) is 17.0 Å². The van der Waals surface area contributed by atoms with Gasteiger partial charge in [-0.3, -0.25) is 9.36 Å². The first kappa shape index (κ1) is 18.3. The van der Waals surface area contributed by atoms with E-state index in [-0.39, 0.29) is 11.8 Å². The van der Waals surface area contributed by atoms with Gasteiger partial charge in [-0.1, -0.05) is 30.3 Å². The number of carbonyl (C=O) groups is 1. The molecule has 0 unspecified atom stereocenters. The Bertz CT molecular complexity index is 1270. The van der Waals surface area contributed by atoms with Crippen molar-refractivity contribution in [3.63, 3.8) is 0 Å². The number of carbonyl (C=O) groups excluding carboxylic acids is 1. The maximum Gasteiger partial charge on any atom is 0.277 e. The molecule has 0 saturated heterocycles.